The summed E-state index contributed by atoms with van der Waals surface area (Å²) in [5.41, 5.74) is 3.63. The van der Waals surface area contributed by atoms with E-state index in [-0.39, 0.29) is 5.75 Å². The van der Waals surface area contributed by atoms with Crippen molar-refractivity contribution in [3.05, 3.63) is 55.1 Å². The van der Waals surface area contributed by atoms with E-state index < -0.39 is 0 Å². The molecule has 0 aliphatic heterocycles. The van der Waals surface area contributed by atoms with E-state index in [1.165, 1.54) is 0 Å². The quantitative estimate of drug-likeness (QED) is 0.720. The maximum Gasteiger partial charge on any atom is 0.116 e. The number of imidazole rings is 1. The third-order valence-electron chi connectivity index (χ3n) is 2.73. The number of phenolic OH excluding ortho intramolecular Hbond substituents is 1. The minimum atomic E-state index is 0.233. The molecule has 0 fully saturated rings. The number of nitrogens with one attached hydrogen (secondary N) is 1. The second kappa shape index (κ2) is 4.33. The molecule has 0 atom stereocenters. The van der Waals surface area contributed by atoms with E-state index in [1.807, 2.05) is 18.2 Å². The predicted molar refractivity (Wildman–Crippen MR) is 68.9 cm³/mol. The Labute approximate surface area is 104 Å². The smallest absolute Gasteiger partial charge is 0.116 e. The number of pyridine rings is 1. The minimum Gasteiger partial charge on any atom is -0.508 e. The van der Waals surface area contributed by atoms with E-state index in [4.69, 9.17) is 0 Å². The topological polar surface area (TPSA) is 61.8 Å². The highest BCUT2D eigenvalue weighted by atomic mass is 16.3. The molecule has 4 heteroatoms. The molecule has 0 radical (unpaired) electrons. The monoisotopic (exact) mass is 237 g/mol. The van der Waals surface area contributed by atoms with Crippen LogP contribution in [0.3, 0.4) is 0 Å². The number of hydrogen-bond acceptors (Lipinski definition) is 3. The van der Waals surface area contributed by atoms with Crippen LogP contribution in [0.15, 0.2) is 55.1 Å². The van der Waals surface area contributed by atoms with Crippen LogP contribution in [-0.2, 0) is 0 Å². The summed E-state index contributed by atoms with van der Waals surface area (Å²) >= 11 is 0. The van der Waals surface area contributed by atoms with Gasteiger partial charge in [-0.2, -0.15) is 0 Å². The van der Waals surface area contributed by atoms with Crippen molar-refractivity contribution in [2.45, 2.75) is 0 Å². The average molecular weight is 237 g/mol. The van der Waals surface area contributed by atoms with E-state index >= 15 is 0 Å². The standard InChI is InChI=1S/C14H11N3O/c18-12-3-1-2-11(8-12)14-13(16-9-17-14)10-4-6-15-7-5-10/h1-9,18H,(H,16,17). The molecule has 2 N–H and O–H groups in total. The van der Waals surface area contributed by atoms with Crippen LogP contribution in [-0.4, -0.2) is 20.1 Å². The van der Waals surface area contributed by atoms with Crippen LogP contribution in [0.25, 0.3) is 22.5 Å². The second-order valence-corrected chi connectivity index (χ2v) is 3.91. The molecule has 18 heavy (non-hydrogen) atoms. The Hall–Kier alpha value is -2.62. The van der Waals surface area contributed by atoms with Crippen molar-refractivity contribution in [2.24, 2.45) is 0 Å². The zero-order valence-corrected chi connectivity index (χ0v) is 9.54. The Morgan fingerprint density at radius 1 is 1.00 bits per heavy atom. The molecular formula is C14H11N3O. The van der Waals surface area contributed by atoms with Crippen LogP contribution < -0.4 is 0 Å². The van der Waals surface area contributed by atoms with Crippen LogP contribution in [0.5, 0.6) is 5.75 Å². The first kappa shape index (κ1) is 10.5. The molecule has 0 saturated heterocycles. The molecule has 1 aromatic carbocycles. The lowest BCUT2D eigenvalue weighted by molar-refractivity contribution is 0.475. The second-order valence-electron chi connectivity index (χ2n) is 3.91. The van der Waals surface area contributed by atoms with Gasteiger partial charge in [0.25, 0.3) is 0 Å². The summed E-state index contributed by atoms with van der Waals surface area (Å²) in [6, 6.07) is 10.9. The Morgan fingerprint density at radius 2 is 1.83 bits per heavy atom. The summed E-state index contributed by atoms with van der Waals surface area (Å²) in [6.45, 7) is 0. The summed E-state index contributed by atoms with van der Waals surface area (Å²) < 4.78 is 0. The molecule has 0 amide bonds. The van der Waals surface area contributed by atoms with Crippen molar-refractivity contribution in [3.8, 4) is 28.3 Å². The van der Waals surface area contributed by atoms with Gasteiger partial charge < -0.3 is 10.1 Å². The lowest BCUT2D eigenvalue weighted by Gasteiger charge is -2.03. The molecule has 3 aromatic rings. The van der Waals surface area contributed by atoms with Crippen molar-refractivity contribution < 1.29 is 5.11 Å². The third kappa shape index (κ3) is 1.84. The van der Waals surface area contributed by atoms with Gasteiger partial charge in [-0.25, -0.2) is 4.98 Å². The number of H-pyrrole nitrogens is 1. The van der Waals surface area contributed by atoms with Gasteiger partial charge in [-0.15, -0.1) is 0 Å². The molecular weight excluding hydrogens is 226 g/mol. The molecule has 0 bridgehead atoms. The number of aromatic hydroxyl groups is 1. The zero-order chi connectivity index (χ0) is 12.4. The number of aromatic nitrogens is 3. The maximum atomic E-state index is 9.53. The molecule has 0 saturated carbocycles. The molecule has 0 aliphatic rings. The average Bonchev–Trinajstić information content (AvgIpc) is 2.89. The maximum absolute atomic E-state index is 9.53. The van der Waals surface area contributed by atoms with Crippen LogP contribution in [0, 0.1) is 0 Å². The van der Waals surface area contributed by atoms with Gasteiger partial charge in [0.15, 0.2) is 0 Å². The van der Waals surface area contributed by atoms with Gasteiger partial charge in [-0.05, 0) is 24.3 Å². The van der Waals surface area contributed by atoms with Crippen molar-refractivity contribution in [1.29, 1.82) is 0 Å². The fourth-order valence-corrected chi connectivity index (χ4v) is 1.90. The Morgan fingerprint density at radius 3 is 2.61 bits per heavy atom. The molecule has 2 heterocycles. The first-order chi connectivity index (χ1) is 8.84. The fraction of sp³-hybridized carbons (Fsp3) is 0. The predicted octanol–water partition coefficient (Wildman–Crippen LogP) is 2.84. The summed E-state index contributed by atoms with van der Waals surface area (Å²) in [7, 11) is 0. The highest BCUT2D eigenvalue weighted by Gasteiger charge is 2.10. The van der Waals surface area contributed by atoms with Crippen LogP contribution in [0.2, 0.25) is 0 Å². The van der Waals surface area contributed by atoms with Crippen LogP contribution >= 0.6 is 0 Å². The molecule has 0 aliphatic carbocycles. The van der Waals surface area contributed by atoms with Crippen LogP contribution in [0.1, 0.15) is 0 Å². The molecule has 4 nitrogen and oxygen atoms in total. The van der Waals surface area contributed by atoms with Gasteiger partial charge >= 0.3 is 0 Å². The highest BCUT2D eigenvalue weighted by molar-refractivity contribution is 5.78. The number of phenols is 1. The lowest BCUT2D eigenvalue weighted by Crippen LogP contribution is -1.84. The molecule has 3 rings (SSSR count). The van der Waals surface area contributed by atoms with E-state index in [0.29, 0.717) is 0 Å². The number of rotatable bonds is 2. The molecule has 2 aromatic heterocycles. The SMILES string of the molecule is Oc1cccc(-c2nc[nH]c2-c2ccncc2)c1. The van der Waals surface area contributed by atoms with Gasteiger partial charge in [-0.3, -0.25) is 4.98 Å². The van der Waals surface area contributed by atoms with Crippen LogP contribution in [0.4, 0.5) is 0 Å². The van der Waals surface area contributed by atoms with Crippen molar-refractivity contribution >= 4 is 0 Å². The van der Waals surface area contributed by atoms with E-state index in [0.717, 1.165) is 22.5 Å². The number of benzene rings is 1. The van der Waals surface area contributed by atoms with E-state index in [1.54, 1.807) is 36.9 Å². The number of nitrogens with zero attached hydrogens (tertiary/aromatic N) is 2. The Bertz CT molecular complexity index is 662. The van der Waals surface area contributed by atoms with Gasteiger partial charge in [0.1, 0.15) is 5.75 Å². The van der Waals surface area contributed by atoms with Crippen molar-refractivity contribution in [2.75, 3.05) is 0 Å². The first-order valence-corrected chi connectivity index (χ1v) is 5.58. The van der Waals surface area contributed by atoms with Crippen molar-refractivity contribution in [3.63, 3.8) is 0 Å². The largest absolute Gasteiger partial charge is 0.508 e. The fourth-order valence-electron chi connectivity index (χ4n) is 1.90. The number of aromatic amines is 1. The molecule has 0 unspecified atom stereocenters. The summed E-state index contributed by atoms with van der Waals surface area (Å²) in [5.74, 6) is 0.233. The molecule has 0 spiro atoms. The third-order valence-corrected chi connectivity index (χ3v) is 2.73. The van der Waals surface area contributed by atoms with Gasteiger partial charge in [0.2, 0.25) is 0 Å². The first-order valence-electron chi connectivity index (χ1n) is 5.58. The minimum absolute atomic E-state index is 0.233. The van der Waals surface area contributed by atoms with E-state index in [9.17, 15) is 5.11 Å². The number of hydrogen-bond donors (Lipinski definition) is 2. The highest BCUT2D eigenvalue weighted by Crippen LogP contribution is 2.29. The van der Waals surface area contributed by atoms with Gasteiger partial charge in [0, 0.05) is 23.5 Å². The molecule has 88 valence electrons. The van der Waals surface area contributed by atoms with Gasteiger partial charge in [0.05, 0.1) is 17.7 Å². The Kier molecular flexibility index (Phi) is 2.53. The lowest BCUT2D eigenvalue weighted by atomic mass is 10.1. The van der Waals surface area contributed by atoms with Crippen molar-refractivity contribution in [1.82, 2.24) is 15.0 Å². The Balaban J connectivity index is 2.13. The van der Waals surface area contributed by atoms with E-state index in [2.05, 4.69) is 15.0 Å². The summed E-state index contributed by atoms with van der Waals surface area (Å²) in [4.78, 5) is 11.4. The zero-order valence-electron chi connectivity index (χ0n) is 9.54. The normalized spacial score (nSPS) is 10.4. The summed E-state index contributed by atoms with van der Waals surface area (Å²) in [5, 5.41) is 9.53. The summed E-state index contributed by atoms with van der Waals surface area (Å²) in [6.07, 6.45) is 5.12. The van der Waals surface area contributed by atoms with Gasteiger partial charge in [-0.1, -0.05) is 12.1 Å².